The fraction of sp³-hybridized carbons (Fsp3) is 0.421. The van der Waals surface area contributed by atoms with Gasteiger partial charge in [0.1, 0.15) is 0 Å². The summed E-state index contributed by atoms with van der Waals surface area (Å²) in [5.41, 5.74) is 3.23. The number of nitrogens with zero attached hydrogens (tertiary/aromatic N) is 3. The molecule has 0 radical (unpaired) electrons. The monoisotopic (exact) mass is 307 g/mol. The molecule has 0 N–H and O–H groups in total. The lowest BCUT2D eigenvalue weighted by Gasteiger charge is -2.33. The van der Waals surface area contributed by atoms with Gasteiger partial charge in [0.25, 0.3) is 5.91 Å². The quantitative estimate of drug-likeness (QED) is 0.763. The highest BCUT2D eigenvalue weighted by molar-refractivity contribution is 6.06. The molecule has 4 nitrogen and oxygen atoms in total. The lowest BCUT2D eigenvalue weighted by molar-refractivity contribution is -0.128. The maximum absolute atomic E-state index is 12.9. The highest BCUT2D eigenvalue weighted by Crippen LogP contribution is 2.29. The summed E-state index contributed by atoms with van der Waals surface area (Å²) in [6.07, 6.45) is 5.54. The molecule has 1 aromatic carbocycles. The summed E-state index contributed by atoms with van der Waals surface area (Å²) in [4.78, 5) is 22.7. The van der Waals surface area contributed by atoms with E-state index in [9.17, 15) is 4.79 Å². The van der Waals surface area contributed by atoms with Crippen molar-refractivity contribution in [3.05, 3.63) is 52.9 Å². The molecule has 1 heterocycles. The maximum atomic E-state index is 12.9. The zero-order valence-corrected chi connectivity index (χ0v) is 13.5. The van der Waals surface area contributed by atoms with E-state index in [1.165, 1.54) is 19.3 Å². The Morgan fingerprint density at radius 2 is 2.17 bits per heavy atom. The van der Waals surface area contributed by atoms with Gasteiger partial charge in [-0.2, -0.15) is 0 Å². The molecular formula is C19H21N3O. The molecule has 0 bridgehead atoms. The molecule has 0 unspecified atom stereocenters. The molecule has 1 amide bonds. The van der Waals surface area contributed by atoms with Crippen LogP contribution < -0.4 is 0 Å². The number of rotatable bonds is 5. The van der Waals surface area contributed by atoms with Crippen LogP contribution in [-0.4, -0.2) is 29.6 Å². The van der Waals surface area contributed by atoms with E-state index in [0.29, 0.717) is 24.7 Å². The number of benzene rings is 1. The van der Waals surface area contributed by atoms with Gasteiger partial charge in [0.2, 0.25) is 0 Å². The van der Waals surface area contributed by atoms with Gasteiger partial charge >= 0.3 is 0 Å². The predicted molar refractivity (Wildman–Crippen MR) is 91.5 cm³/mol. The molecule has 0 aromatic heterocycles. The Morgan fingerprint density at radius 1 is 1.39 bits per heavy atom. The minimum atomic E-state index is 0.0669. The fourth-order valence-electron chi connectivity index (χ4n) is 3.05. The Bertz CT molecular complexity index is 708. The summed E-state index contributed by atoms with van der Waals surface area (Å²) in [5, 5.41) is 0. The van der Waals surface area contributed by atoms with Crippen molar-refractivity contribution in [2.45, 2.75) is 32.7 Å². The predicted octanol–water partition coefficient (Wildman–Crippen LogP) is 3.77. The van der Waals surface area contributed by atoms with E-state index in [-0.39, 0.29) is 5.91 Å². The van der Waals surface area contributed by atoms with Gasteiger partial charge in [-0.25, -0.2) is 4.85 Å². The highest BCUT2D eigenvalue weighted by Gasteiger charge is 2.26. The Morgan fingerprint density at radius 3 is 2.78 bits per heavy atom. The van der Waals surface area contributed by atoms with E-state index in [1.807, 2.05) is 42.2 Å². The minimum Gasteiger partial charge on any atom is -0.336 e. The Balaban J connectivity index is 1.79. The molecule has 4 heteroatoms. The van der Waals surface area contributed by atoms with Crippen molar-refractivity contribution in [2.75, 3.05) is 13.1 Å². The topological polar surface area (TPSA) is 37.0 Å². The van der Waals surface area contributed by atoms with Crippen LogP contribution in [0.4, 0.5) is 5.69 Å². The number of allylic oxidation sites excluding steroid dienone is 1. The average Bonchev–Trinajstić information content (AvgIpc) is 2.95. The number of carbonyl (C=O) groups is 1. The Kier molecular flexibility index (Phi) is 4.57. The smallest absolute Gasteiger partial charge is 0.251 e. The number of hydrogen-bond donors (Lipinski definition) is 0. The van der Waals surface area contributed by atoms with Gasteiger partial charge in [0.05, 0.1) is 13.1 Å². The van der Waals surface area contributed by atoms with Gasteiger partial charge in [-0.1, -0.05) is 30.7 Å². The zero-order chi connectivity index (χ0) is 16.2. The average molecular weight is 307 g/mol. The molecule has 1 saturated carbocycles. The van der Waals surface area contributed by atoms with E-state index in [2.05, 4.69) is 9.84 Å². The van der Waals surface area contributed by atoms with Crippen LogP contribution in [0.5, 0.6) is 0 Å². The summed E-state index contributed by atoms with van der Waals surface area (Å²) in [5.74, 6) is 0.667. The standard InChI is InChI=1S/C19H21N3O/c1-14-10-17(11-21-14)19(23)22(12-15-6-5-7-15)13-16-8-3-4-9-18(16)20-2/h3-4,8-10,15H,5-7,11-13H2,1H3. The number of para-hydroxylation sites is 1. The third-order valence-corrected chi connectivity index (χ3v) is 4.62. The molecule has 118 valence electrons. The summed E-state index contributed by atoms with van der Waals surface area (Å²) in [6, 6.07) is 7.55. The van der Waals surface area contributed by atoms with Crippen LogP contribution in [-0.2, 0) is 11.3 Å². The first-order valence-electron chi connectivity index (χ1n) is 8.13. The highest BCUT2D eigenvalue weighted by atomic mass is 16.2. The van der Waals surface area contributed by atoms with E-state index >= 15 is 0 Å². The molecule has 0 spiro atoms. The van der Waals surface area contributed by atoms with Crippen LogP contribution in [0.3, 0.4) is 0 Å². The van der Waals surface area contributed by atoms with Crippen LogP contribution in [0.1, 0.15) is 31.7 Å². The van der Waals surface area contributed by atoms with Crippen molar-refractivity contribution in [1.29, 1.82) is 0 Å². The molecule has 0 atom stereocenters. The second-order valence-electron chi connectivity index (χ2n) is 6.35. The Labute approximate surface area is 137 Å². The minimum absolute atomic E-state index is 0.0669. The maximum Gasteiger partial charge on any atom is 0.251 e. The van der Waals surface area contributed by atoms with Crippen LogP contribution in [0.15, 0.2) is 40.9 Å². The molecule has 1 fully saturated rings. The van der Waals surface area contributed by atoms with Crippen LogP contribution in [0.25, 0.3) is 4.85 Å². The molecule has 23 heavy (non-hydrogen) atoms. The van der Waals surface area contributed by atoms with E-state index in [0.717, 1.165) is 23.4 Å². The molecule has 0 saturated heterocycles. The van der Waals surface area contributed by atoms with Crippen LogP contribution in [0.2, 0.25) is 0 Å². The number of carbonyl (C=O) groups excluding carboxylic acids is 1. The van der Waals surface area contributed by atoms with Crippen molar-refractivity contribution >= 4 is 17.3 Å². The van der Waals surface area contributed by atoms with Crippen molar-refractivity contribution in [2.24, 2.45) is 10.9 Å². The second-order valence-corrected chi connectivity index (χ2v) is 6.35. The van der Waals surface area contributed by atoms with Gasteiger partial charge in [-0.15, -0.1) is 0 Å². The van der Waals surface area contributed by atoms with Gasteiger partial charge in [-0.3, -0.25) is 9.79 Å². The fourth-order valence-corrected chi connectivity index (χ4v) is 3.05. The molecule has 2 aliphatic rings. The summed E-state index contributed by atoms with van der Waals surface area (Å²) >= 11 is 0. The zero-order valence-electron chi connectivity index (χ0n) is 13.5. The van der Waals surface area contributed by atoms with Gasteiger partial charge < -0.3 is 4.90 Å². The van der Waals surface area contributed by atoms with Crippen molar-refractivity contribution < 1.29 is 4.79 Å². The first-order chi connectivity index (χ1) is 11.2. The molecule has 1 aliphatic carbocycles. The van der Waals surface area contributed by atoms with E-state index in [4.69, 9.17) is 6.57 Å². The number of amides is 1. The van der Waals surface area contributed by atoms with Crippen molar-refractivity contribution in [1.82, 2.24) is 4.90 Å². The Hall–Kier alpha value is -2.41. The lowest BCUT2D eigenvalue weighted by Crippen LogP contribution is -2.38. The van der Waals surface area contributed by atoms with Crippen molar-refractivity contribution in [3.63, 3.8) is 0 Å². The molecule has 3 rings (SSSR count). The SMILES string of the molecule is [C-]#[N+]c1ccccc1CN(CC1CCC1)C(=O)C1=CC(C)=NC1. The molecule has 1 aliphatic heterocycles. The number of hydrogen-bond acceptors (Lipinski definition) is 2. The molecular weight excluding hydrogens is 286 g/mol. The number of aliphatic imine (C=N–C) groups is 1. The first kappa shape index (κ1) is 15.5. The largest absolute Gasteiger partial charge is 0.336 e. The third-order valence-electron chi connectivity index (χ3n) is 4.62. The van der Waals surface area contributed by atoms with Gasteiger partial charge in [0.15, 0.2) is 5.69 Å². The lowest BCUT2D eigenvalue weighted by atomic mass is 9.85. The van der Waals surface area contributed by atoms with E-state index in [1.54, 1.807) is 0 Å². The van der Waals surface area contributed by atoms with Gasteiger partial charge in [0, 0.05) is 24.4 Å². The molecule has 1 aromatic rings. The summed E-state index contributed by atoms with van der Waals surface area (Å²) < 4.78 is 0. The van der Waals surface area contributed by atoms with Crippen LogP contribution >= 0.6 is 0 Å². The summed E-state index contributed by atoms with van der Waals surface area (Å²) in [7, 11) is 0. The second kappa shape index (κ2) is 6.78. The van der Waals surface area contributed by atoms with Crippen LogP contribution in [0, 0.1) is 12.5 Å². The van der Waals surface area contributed by atoms with Gasteiger partial charge in [-0.05, 0) is 37.3 Å². The third kappa shape index (κ3) is 3.50. The summed E-state index contributed by atoms with van der Waals surface area (Å²) in [6.45, 7) is 11.0. The van der Waals surface area contributed by atoms with E-state index < -0.39 is 0 Å². The normalized spacial score (nSPS) is 17.0. The first-order valence-corrected chi connectivity index (χ1v) is 8.13. The van der Waals surface area contributed by atoms with Crippen molar-refractivity contribution in [3.8, 4) is 0 Å².